The van der Waals surface area contributed by atoms with Crippen LogP contribution in [-0.2, 0) is 0 Å². The van der Waals surface area contributed by atoms with Gasteiger partial charge < -0.3 is 0 Å². The van der Waals surface area contributed by atoms with Crippen LogP contribution in [0.1, 0.15) is 0 Å². The van der Waals surface area contributed by atoms with Crippen LogP contribution in [0.25, 0.3) is 42.5 Å². The fraction of sp³-hybridized carbons (Fsp3) is 0. The Morgan fingerprint density at radius 1 is 0.423 bits per heavy atom. The standard InChI is InChI=1S/C20H12N4P2/c1-5-13-14-6-2-10-22-18(14)25(17(13)21-9-1)26-19-15(7-3-11-23-19)16-8-4-12-24-20(16)26/h1-12H. The van der Waals surface area contributed by atoms with Gasteiger partial charge in [-0.3, -0.25) is 19.9 Å². The molecule has 0 fully saturated rings. The van der Waals surface area contributed by atoms with Crippen LogP contribution >= 0.6 is 14.4 Å². The first-order valence-corrected chi connectivity index (χ1v) is 11.7. The van der Waals surface area contributed by atoms with Crippen LogP contribution in [0.15, 0.2) is 73.3 Å². The summed E-state index contributed by atoms with van der Waals surface area (Å²) in [5, 5.41) is 9.51. The highest BCUT2D eigenvalue weighted by Crippen LogP contribution is 2.70. The minimum absolute atomic E-state index is 0.734. The first-order valence-electron chi connectivity index (χ1n) is 8.34. The molecule has 0 saturated heterocycles. The second-order valence-corrected chi connectivity index (χ2v) is 11.5. The maximum Gasteiger partial charge on any atom is 0.0997 e. The lowest BCUT2D eigenvalue weighted by Crippen LogP contribution is -1.69. The fourth-order valence-electron chi connectivity index (χ4n) is 3.68. The monoisotopic (exact) mass is 370 g/mol. The number of hydrogen-bond donors (Lipinski definition) is 0. The van der Waals surface area contributed by atoms with Gasteiger partial charge in [0.05, 0.1) is 21.0 Å². The fourth-order valence-corrected chi connectivity index (χ4v) is 11.4. The molecule has 6 rings (SSSR count). The zero-order valence-corrected chi connectivity index (χ0v) is 15.4. The minimum atomic E-state index is -0.734. The SMILES string of the molecule is c1cnc2c(c1)c1cccnc1p2-p1c2ncccc2c2cccnc21. The molecule has 0 radical (unpaired) electrons. The summed E-state index contributed by atoms with van der Waals surface area (Å²) in [4.78, 5) is 19.2. The van der Waals surface area contributed by atoms with Crippen molar-refractivity contribution < 1.29 is 0 Å². The lowest BCUT2D eigenvalue weighted by atomic mass is 10.2. The van der Waals surface area contributed by atoms with Crippen molar-refractivity contribution >= 4 is 57.0 Å². The van der Waals surface area contributed by atoms with E-state index in [9.17, 15) is 0 Å². The van der Waals surface area contributed by atoms with E-state index in [0.29, 0.717) is 0 Å². The van der Waals surface area contributed by atoms with Crippen LogP contribution in [0.3, 0.4) is 0 Å². The number of aromatic nitrogens is 4. The molecular weight excluding hydrogens is 358 g/mol. The first kappa shape index (κ1) is 14.4. The Hall–Kier alpha value is -2.80. The van der Waals surface area contributed by atoms with E-state index < -0.39 is 14.4 Å². The average Bonchev–Trinajstić information content (AvgIpc) is 3.21. The Kier molecular flexibility index (Phi) is 2.96. The van der Waals surface area contributed by atoms with Crippen molar-refractivity contribution in [3.63, 3.8) is 0 Å². The Labute approximate surface area is 150 Å². The molecule has 6 aromatic rings. The highest BCUT2D eigenvalue weighted by molar-refractivity contribution is 8.29. The third-order valence-corrected chi connectivity index (χ3v) is 11.6. The molecule has 0 aliphatic heterocycles. The molecule has 0 atom stereocenters. The average molecular weight is 370 g/mol. The van der Waals surface area contributed by atoms with E-state index >= 15 is 0 Å². The highest BCUT2D eigenvalue weighted by atomic mass is 32.0. The second-order valence-electron chi connectivity index (χ2n) is 6.12. The van der Waals surface area contributed by atoms with Crippen molar-refractivity contribution in [2.24, 2.45) is 0 Å². The number of rotatable bonds is 1. The molecule has 0 aromatic carbocycles. The van der Waals surface area contributed by atoms with E-state index in [-0.39, 0.29) is 0 Å². The molecule has 6 aromatic heterocycles. The Balaban J connectivity index is 1.93. The third-order valence-electron chi connectivity index (χ3n) is 4.73. The zero-order valence-electron chi connectivity index (χ0n) is 13.6. The molecule has 0 bridgehead atoms. The molecule has 0 N–H and O–H groups in total. The van der Waals surface area contributed by atoms with Gasteiger partial charge in [-0.05, 0) is 38.7 Å². The maximum atomic E-state index is 4.80. The number of pyridine rings is 4. The van der Waals surface area contributed by atoms with Gasteiger partial charge in [0.1, 0.15) is 0 Å². The van der Waals surface area contributed by atoms with Crippen LogP contribution in [0.4, 0.5) is 0 Å². The lowest BCUT2D eigenvalue weighted by molar-refractivity contribution is 1.44. The molecule has 0 aliphatic carbocycles. The smallest absolute Gasteiger partial charge is 0.0997 e. The molecule has 6 heteroatoms. The Morgan fingerprint density at radius 3 is 0.962 bits per heavy atom. The molecule has 0 saturated carbocycles. The van der Waals surface area contributed by atoms with Crippen molar-refractivity contribution in [2.75, 3.05) is 0 Å². The molecule has 4 nitrogen and oxygen atoms in total. The predicted octanol–water partition coefficient (Wildman–Crippen LogP) is 6.16. The Bertz CT molecular complexity index is 1230. The van der Waals surface area contributed by atoms with Gasteiger partial charge >= 0.3 is 0 Å². The number of fused-ring (bicyclic) bond motifs is 6. The number of hydrogen-bond acceptors (Lipinski definition) is 4. The number of nitrogens with zero attached hydrogens (tertiary/aromatic N) is 4. The van der Waals surface area contributed by atoms with Crippen molar-refractivity contribution in [1.82, 2.24) is 19.9 Å². The largest absolute Gasteiger partial charge is 0.251 e. The van der Waals surface area contributed by atoms with Crippen LogP contribution < -0.4 is 0 Å². The summed E-state index contributed by atoms with van der Waals surface area (Å²) in [6.45, 7) is 0. The minimum Gasteiger partial charge on any atom is -0.251 e. The second kappa shape index (κ2) is 5.35. The summed E-state index contributed by atoms with van der Waals surface area (Å²) < 4.78 is 0. The van der Waals surface area contributed by atoms with E-state index in [0.717, 1.165) is 21.0 Å². The topological polar surface area (TPSA) is 51.6 Å². The van der Waals surface area contributed by atoms with Gasteiger partial charge in [-0.15, -0.1) is 0 Å². The maximum absolute atomic E-state index is 4.80. The van der Waals surface area contributed by atoms with Crippen LogP contribution in [0.5, 0.6) is 0 Å². The quantitative estimate of drug-likeness (QED) is 0.348. The van der Waals surface area contributed by atoms with E-state index in [4.69, 9.17) is 19.9 Å². The molecule has 122 valence electrons. The van der Waals surface area contributed by atoms with Crippen molar-refractivity contribution in [3.05, 3.63) is 73.3 Å². The summed E-state index contributed by atoms with van der Waals surface area (Å²) in [6.07, 6.45) is 7.57. The van der Waals surface area contributed by atoms with Gasteiger partial charge in [0.25, 0.3) is 0 Å². The van der Waals surface area contributed by atoms with E-state index in [1.54, 1.807) is 0 Å². The Morgan fingerprint density at radius 2 is 0.692 bits per heavy atom. The van der Waals surface area contributed by atoms with Gasteiger partial charge in [0.15, 0.2) is 0 Å². The third kappa shape index (κ3) is 1.81. The molecule has 0 aliphatic rings. The van der Waals surface area contributed by atoms with Gasteiger partial charge in [0.2, 0.25) is 0 Å². The zero-order chi connectivity index (χ0) is 17.1. The van der Waals surface area contributed by atoms with Crippen molar-refractivity contribution in [2.45, 2.75) is 0 Å². The molecule has 0 unspecified atom stereocenters. The molecular formula is C20H12N4P2. The first-order chi connectivity index (χ1) is 12.9. The van der Waals surface area contributed by atoms with Crippen molar-refractivity contribution in [1.29, 1.82) is 0 Å². The molecule has 0 amide bonds. The van der Waals surface area contributed by atoms with Crippen molar-refractivity contribution in [3.8, 4) is 0 Å². The molecule has 6 heterocycles. The summed E-state index contributed by atoms with van der Waals surface area (Å²) in [5.74, 6) is 0. The summed E-state index contributed by atoms with van der Waals surface area (Å²) in [6, 6.07) is 16.7. The molecule has 26 heavy (non-hydrogen) atoms. The lowest BCUT2D eigenvalue weighted by Gasteiger charge is -2.02. The predicted molar refractivity (Wildman–Crippen MR) is 110 cm³/mol. The highest BCUT2D eigenvalue weighted by Gasteiger charge is 2.22. The van der Waals surface area contributed by atoms with Gasteiger partial charge in [-0.1, -0.05) is 24.3 Å². The van der Waals surface area contributed by atoms with Gasteiger partial charge in [-0.2, -0.15) is 0 Å². The van der Waals surface area contributed by atoms with Crippen LogP contribution in [-0.4, -0.2) is 19.9 Å². The van der Waals surface area contributed by atoms with Gasteiger partial charge in [-0.25, -0.2) is 0 Å². The van der Waals surface area contributed by atoms with E-state index in [2.05, 4.69) is 24.3 Å². The normalized spacial score (nSPS) is 11.8. The summed E-state index contributed by atoms with van der Waals surface area (Å²) in [5.41, 5.74) is 0. The van der Waals surface area contributed by atoms with E-state index in [1.807, 2.05) is 49.1 Å². The van der Waals surface area contributed by atoms with E-state index in [1.165, 1.54) is 21.5 Å². The van der Waals surface area contributed by atoms with Gasteiger partial charge in [0, 0.05) is 46.3 Å². The van der Waals surface area contributed by atoms with Crippen LogP contribution in [0, 0.1) is 0 Å². The van der Waals surface area contributed by atoms with Crippen LogP contribution in [0.2, 0.25) is 0 Å². The summed E-state index contributed by atoms with van der Waals surface area (Å²) >= 11 is 0. The summed E-state index contributed by atoms with van der Waals surface area (Å²) in [7, 11) is -1.47. The molecule has 0 spiro atoms.